The molecule has 0 radical (unpaired) electrons. The lowest BCUT2D eigenvalue weighted by atomic mass is 9.87. The summed E-state index contributed by atoms with van der Waals surface area (Å²) in [4.78, 5) is 27.6. The third-order valence-corrected chi connectivity index (χ3v) is 5.24. The monoisotopic (exact) mass is 454 g/mol. The van der Waals surface area contributed by atoms with E-state index >= 15 is 0 Å². The van der Waals surface area contributed by atoms with Crippen LogP contribution in [0.3, 0.4) is 0 Å². The lowest BCUT2D eigenvalue weighted by molar-refractivity contribution is -0.142. The third-order valence-electron chi connectivity index (χ3n) is 5.24. The number of carbonyl (C=O) groups excluding carboxylic acids is 2. The Balaban J connectivity index is 2.18. The van der Waals surface area contributed by atoms with Crippen molar-refractivity contribution in [2.75, 3.05) is 13.7 Å². The van der Waals surface area contributed by atoms with Gasteiger partial charge in [-0.25, -0.2) is 0 Å². The quantitative estimate of drug-likeness (QED) is 0.628. The van der Waals surface area contributed by atoms with Gasteiger partial charge >= 0.3 is 0 Å². The minimum atomic E-state index is -0.671. The van der Waals surface area contributed by atoms with Gasteiger partial charge in [-0.3, -0.25) is 9.59 Å². The maximum Gasteiger partial charge on any atom is 0.261 e. The van der Waals surface area contributed by atoms with Crippen LogP contribution in [0.15, 0.2) is 48.5 Å². The number of methoxy groups -OCH3 is 1. The Morgan fingerprint density at radius 1 is 0.970 bits per heavy atom. The van der Waals surface area contributed by atoms with Crippen molar-refractivity contribution in [3.63, 3.8) is 0 Å². The summed E-state index contributed by atoms with van der Waals surface area (Å²) in [5, 5.41) is 2.96. The maximum absolute atomic E-state index is 13.2. The fraction of sp³-hybridized carbons (Fsp3) is 0.481. The molecule has 0 saturated heterocycles. The molecule has 0 aliphatic heterocycles. The molecule has 2 aromatic carbocycles. The number of benzene rings is 2. The summed E-state index contributed by atoms with van der Waals surface area (Å²) in [7, 11) is 1.60. The standard InChI is InChI=1S/C27H38N2O4/c1-19(25(31)28-27(5,6)7)29(17-20-10-9-11-23(16-20)32-8)24(30)18-33-22-14-12-21(13-15-22)26(2,3)4/h9-16,19H,17-18H2,1-8H3,(H,28,31)/t19-/m1/s1. The first-order valence-corrected chi connectivity index (χ1v) is 11.3. The highest BCUT2D eigenvalue weighted by molar-refractivity contribution is 5.88. The number of rotatable bonds is 8. The van der Waals surface area contributed by atoms with Gasteiger partial charge in [-0.05, 0) is 68.5 Å². The summed E-state index contributed by atoms with van der Waals surface area (Å²) in [6.45, 7) is 14.0. The molecule has 6 heteroatoms. The van der Waals surface area contributed by atoms with Crippen molar-refractivity contribution < 1.29 is 19.1 Å². The van der Waals surface area contributed by atoms with E-state index in [9.17, 15) is 9.59 Å². The van der Waals surface area contributed by atoms with E-state index in [0.717, 1.165) is 5.56 Å². The van der Waals surface area contributed by atoms with Gasteiger partial charge < -0.3 is 19.7 Å². The molecule has 2 aromatic rings. The van der Waals surface area contributed by atoms with E-state index in [-0.39, 0.29) is 30.4 Å². The van der Waals surface area contributed by atoms with Crippen molar-refractivity contribution in [1.82, 2.24) is 10.2 Å². The lowest BCUT2D eigenvalue weighted by Gasteiger charge is -2.31. The molecule has 2 rings (SSSR count). The highest BCUT2D eigenvalue weighted by Crippen LogP contribution is 2.24. The van der Waals surface area contributed by atoms with Crippen LogP contribution >= 0.6 is 0 Å². The first-order valence-electron chi connectivity index (χ1n) is 11.3. The number of hydrogen-bond acceptors (Lipinski definition) is 4. The van der Waals surface area contributed by atoms with E-state index in [0.29, 0.717) is 11.5 Å². The summed E-state index contributed by atoms with van der Waals surface area (Å²) in [5.41, 5.74) is 1.69. The van der Waals surface area contributed by atoms with Gasteiger partial charge in [0.15, 0.2) is 6.61 Å². The molecule has 0 aliphatic carbocycles. The van der Waals surface area contributed by atoms with E-state index in [1.165, 1.54) is 5.56 Å². The summed E-state index contributed by atoms with van der Waals surface area (Å²) in [6, 6.07) is 14.6. The molecular formula is C27H38N2O4. The molecule has 0 bridgehead atoms. The number of amides is 2. The molecule has 0 saturated carbocycles. The fourth-order valence-corrected chi connectivity index (χ4v) is 3.30. The van der Waals surface area contributed by atoms with Crippen LogP contribution in [0, 0.1) is 0 Å². The average molecular weight is 455 g/mol. The zero-order valence-electron chi connectivity index (χ0n) is 21.2. The Morgan fingerprint density at radius 3 is 2.15 bits per heavy atom. The molecule has 0 aromatic heterocycles. The minimum absolute atomic E-state index is 0.0394. The Kier molecular flexibility index (Phi) is 8.53. The summed E-state index contributed by atoms with van der Waals surface area (Å²) in [6.07, 6.45) is 0. The second kappa shape index (κ2) is 10.7. The first-order chi connectivity index (χ1) is 15.3. The van der Waals surface area contributed by atoms with Crippen LogP contribution in [-0.2, 0) is 21.5 Å². The molecule has 0 aliphatic rings. The Hall–Kier alpha value is -3.02. The van der Waals surface area contributed by atoms with Gasteiger partial charge in [0.05, 0.1) is 7.11 Å². The normalized spacial score (nSPS) is 12.6. The highest BCUT2D eigenvalue weighted by Gasteiger charge is 2.28. The zero-order valence-corrected chi connectivity index (χ0v) is 21.2. The molecule has 0 heterocycles. The number of carbonyl (C=O) groups is 2. The van der Waals surface area contributed by atoms with Crippen LogP contribution in [0.4, 0.5) is 0 Å². The molecular weight excluding hydrogens is 416 g/mol. The van der Waals surface area contributed by atoms with E-state index in [1.807, 2.05) is 69.3 Å². The van der Waals surface area contributed by atoms with Crippen LogP contribution in [0.1, 0.15) is 59.6 Å². The van der Waals surface area contributed by atoms with E-state index in [1.54, 1.807) is 18.9 Å². The first kappa shape index (κ1) is 26.2. The molecule has 6 nitrogen and oxygen atoms in total. The van der Waals surface area contributed by atoms with Crippen LogP contribution in [0.2, 0.25) is 0 Å². The van der Waals surface area contributed by atoms with Crippen molar-refractivity contribution in [3.05, 3.63) is 59.7 Å². The largest absolute Gasteiger partial charge is 0.497 e. The molecule has 180 valence electrons. The Morgan fingerprint density at radius 2 is 1.61 bits per heavy atom. The van der Waals surface area contributed by atoms with E-state index in [4.69, 9.17) is 9.47 Å². The van der Waals surface area contributed by atoms with Gasteiger partial charge in [-0.15, -0.1) is 0 Å². The summed E-state index contributed by atoms with van der Waals surface area (Å²) in [5.74, 6) is 0.828. The maximum atomic E-state index is 13.2. The average Bonchev–Trinajstić information content (AvgIpc) is 2.74. The number of nitrogens with one attached hydrogen (secondary N) is 1. The number of hydrogen-bond donors (Lipinski definition) is 1. The van der Waals surface area contributed by atoms with E-state index < -0.39 is 11.6 Å². The van der Waals surface area contributed by atoms with Crippen LogP contribution < -0.4 is 14.8 Å². The van der Waals surface area contributed by atoms with Crippen molar-refractivity contribution in [1.29, 1.82) is 0 Å². The predicted molar refractivity (Wildman–Crippen MR) is 132 cm³/mol. The van der Waals surface area contributed by atoms with Gasteiger partial charge in [0, 0.05) is 12.1 Å². The van der Waals surface area contributed by atoms with Crippen LogP contribution in [0.5, 0.6) is 11.5 Å². The lowest BCUT2D eigenvalue weighted by Crippen LogP contribution is -2.53. The summed E-state index contributed by atoms with van der Waals surface area (Å²) >= 11 is 0. The van der Waals surface area contributed by atoms with Gasteiger partial charge in [-0.1, -0.05) is 45.0 Å². The molecule has 1 N–H and O–H groups in total. The predicted octanol–water partition coefficient (Wildman–Crippen LogP) is 4.70. The molecule has 0 fully saturated rings. The second-order valence-electron chi connectivity index (χ2n) is 10.4. The van der Waals surface area contributed by atoms with Crippen molar-refractivity contribution in [3.8, 4) is 11.5 Å². The van der Waals surface area contributed by atoms with Gasteiger partial charge in [-0.2, -0.15) is 0 Å². The van der Waals surface area contributed by atoms with Crippen LogP contribution in [0.25, 0.3) is 0 Å². The van der Waals surface area contributed by atoms with Crippen molar-refractivity contribution >= 4 is 11.8 Å². The Labute approximate surface area is 198 Å². The molecule has 1 atom stereocenters. The minimum Gasteiger partial charge on any atom is -0.497 e. The molecule has 33 heavy (non-hydrogen) atoms. The van der Waals surface area contributed by atoms with Crippen LogP contribution in [-0.4, -0.2) is 42.0 Å². The summed E-state index contributed by atoms with van der Waals surface area (Å²) < 4.78 is 11.1. The van der Waals surface area contributed by atoms with Gasteiger partial charge in [0.1, 0.15) is 17.5 Å². The third kappa shape index (κ3) is 8.12. The smallest absolute Gasteiger partial charge is 0.261 e. The SMILES string of the molecule is COc1cccc(CN(C(=O)COc2ccc(C(C)(C)C)cc2)[C@H](C)C(=O)NC(C)(C)C)c1. The van der Waals surface area contributed by atoms with Gasteiger partial charge in [0.2, 0.25) is 5.91 Å². The number of ether oxygens (including phenoxy) is 2. The van der Waals surface area contributed by atoms with Crippen molar-refractivity contribution in [2.24, 2.45) is 0 Å². The molecule has 0 unspecified atom stereocenters. The second-order valence-corrected chi connectivity index (χ2v) is 10.4. The van der Waals surface area contributed by atoms with Crippen molar-refractivity contribution in [2.45, 2.75) is 72.0 Å². The van der Waals surface area contributed by atoms with Gasteiger partial charge in [0.25, 0.3) is 5.91 Å². The Bertz CT molecular complexity index is 940. The topological polar surface area (TPSA) is 67.9 Å². The number of nitrogens with zero attached hydrogens (tertiary/aromatic N) is 1. The molecule has 2 amide bonds. The van der Waals surface area contributed by atoms with E-state index in [2.05, 4.69) is 26.1 Å². The zero-order chi connectivity index (χ0) is 24.8. The highest BCUT2D eigenvalue weighted by atomic mass is 16.5. The fourth-order valence-electron chi connectivity index (χ4n) is 3.30. The molecule has 0 spiro atoms.